The second-order valence-corrected chi connectivity index (χ2v) is 9.75. The summed E-state index contributed by atoms with van der Waals surface area (Å²) in [6.07, 6.45) is -11.7. The van der Waals surface area contributed by atoms with E-state index in [4.69, 9.17) is 0 Å². The zero-order chi connectivity index (χ0) is 29.2. The van der Waals surface area contributed by atoms with Gasteiger partial charge in [0.15, 0.2) is 0 Å². The number of aromatic nitrogens is 2. The molecule has 2 heterocycles. The molecule has 0 aliphatic heterocycles. The summed E-state index contributed by atoms with van der Waals surface area (Å²) >= 11 is 0. The van der Waals surface area contributed by atoms with Crippen LogP contribution in [0, 0.1) is 0 Å². The van der Waals surface area contributed by atoms with Gasteiger partial charge in [-0.15, -0.1) is 0 Å². The minimum Gasteiger partial charge on any atom is -0.507 e. The number of alkyl halides is 6. The Hall–Kier alpha value is -4.86. The summed E-state index contributed by atoms with van der Waals surface area (Å²) < 4.78 is 89.9. The second-order valence-electron chi connectivity index (χ2n) is 9.75. The van der Waals surface area contributed by atoms with Crippen LogP contribution < -0.4 is 0 Å². The molecule has 10 heteroatoms. The molecule has 2 aromatic heterocycles. The highest BCUT2D eigenvalue weighted by atomic mass is 19.4. The van der Waals surface area contributed by atoms with E-state index in [-0.39, 0.29) is 22.5 Å². The number of halogens is 6. The zero-order valence-electron chi connectivity index (χ0n) is 20.9. The molecule has 0 radical (unpaired) electrons. The number of fused-ring (bicyclic) bond motifs is 2. The van der Waals surface area contributed by atoms with Crippen molar-refractivity contribution >= 4 is 21.8 Å². The molecule has 0 aliphatic carbocycles. The van der Waals surface area contributed by atoms with Gasteiger partial charge in [-0.1, -0.05) is 48.5 Å². The van der Waals surface area contributed by atoms with Crippen LogP contribution in [-0.4, -0.2) is 32.5 Å². The van der Waals surface area contributed by atoms with Crippen LogP contribution in [0.4, 0.5) is 26.3 Å². The molecule has 0 spiro atoms. The van der Waals surface area contributed by atoms with Gasteiger partial charge in [0.1, 0.15) is 11.5 Å². The van der Waals surface area contributed by atoms with Crippen LogP contribution in [0.15, 0.2) is 97.1 Å². The van der Waals surface area contributed by atoms with Crippen molar-refractivity contribution in [2.75, 3.05) is 0 Å². The van der Waals surface area contributed by atoms with Crippen LogP contribution in [-0.2, 0) is 5.41 Å². The number of aromatic hydroxyl groups is 2. The van der Waals surface area contributed by atoms with Crippen LogP contribution in [0.25, 0.3) is 44.3 Å². The lowest BCUT2D eigenvalue weighted by atomic mass is 9.72. The van der Waals surface area contributed by atoms with Crippen molar-refractivity contribution in [1.29, 1.82) is 0 Å². The fourth-order valence-electron chi connectivity index (χ4n) is 5.39. The minimum absolute atomic E-state index is 0.147. The summed E-state index contributed by atoms with van der Waals surface area (Å²) in [6, 6.07) is 21.1. The zero-order valence-corrected chi connectivity index (χ0v) is 20.9. The highest BCUT2D eigenvalue weighted by Crippen LogP contribution is 2.57. The molecule has 0 aliphatic rings. The van der Waals surface area contributed by atoms with E-state index < -0.39 is 40.4 Å². The smallest absolute Gasteiger partial charge is 0.411 e. The monoisotopic (exact) mass is 566 g/mol. The van der Waals surface area contributed by atoms with Gasteiger partial charge in [-0.2, -0.15) is 26.3 Å². The van der Waals surface area contributed by atoms with Gasteiger partial charge in [-0.3, -0.25) is 0 Å². The Balaban J connectivity index is 1.61. The first-order chi connectivity index (χ1) is 19.4. The number of para-hydroxylation sites is 2. The fourth-order valence-corrected chi connectivity index (χ4v) is 5.39. The van der Waals surface area contributed by atoms with Gasteiger partial charge in [-0.25, -0.2) is 0 Å². The molecule has 208 valence electrons. The van der Waals surface area contributed by atoms with Crippen molar-refractivity contribution < 1.29 is 36.6 Å². The van der Waals surface area contributed by atoms with Crippen LogP contribution in [0.1, 0.15) is 11.1 Å². The highest BCUT2D eigenvalue weighted by Gasteiger charge is 2.72. The van der Waals surface area contributed by atoms with Crippen molar-refractivity contribution in [2.24, 2.45) is 0 Å². The molecule has 6 rings (SSSR count). The van der Waals surface area contributed by atoms with E-state index in [0.29, 0.717) is 46.1 Å². The summed E-state index contributed by atoms with van der Waals surface area (Å²) in [5, 5.41) is 22.4. The number of rotatable bonds is 4. The van der Waals surface area contributed by atoms with Crippen molar-refractivity contribution in [3.63, 3.8) is 0 Å². The third kappa shape index (κ3) is 4.09. The van der Waals surface area contributed by atoms with Crippen molar-refractivity contribution in [3.8, 4) is 34.0 Å². The van der Waals surface area contributed by atoms with Crippen LogP contribution >= 0.6 is 0 Å². The van der Waals surface area contributed by atoms with Crippen LogP contribution in [0.3, 0.4) is 0 Å². The average Bonchev–Trinajstić information content (AvgIpc) is 3.53. The number of H-pyrrole nitrogens is 2. The topological polar surface area (TPSA) is 72.0 Å². The van der Waals surface area contributed by atoms with Gasteiger partial charge in [0.2, 0.25) is 5.41 Å². The number of hydrogen-bond acceptors (Lipinski definition) is 2. The molecule has 0 saturated carbocycles. The highest BCUT2D eigenvalue weighted by molar-refractivity contribution is 5.88. The summed E-state index contributed by atoms with van der Waals surface area (Å²) in [6.45, 7) is 0. The first-order valence-electron chi connectivity index (χ1n) is 12.4. The number of nitrogens with one attached hydrogen (secondary N) is 2. The predicted molar refractivity (Wildman–Crippen MR) is 144 cm³/mol. The van der Waals surface area contributed by atoms with Crippen LogP contribution in [0.2, 0.25) is 0 Å². The SMILES string of the molecule is Oc1ccc(C(c2ccc(O)c(-c3cc4ccccc4[nH]3)c2)(C(F)(F)F)C(F)(F)F)cc1-c1cc2ccccc2[nH]1. The molecule has 4 aromatic carbocycles. The molecule has 6 aromatic rings. The summed E-state index contributed by atoms with van der Waals surface area (Å²) in [5.41, 5.74) is -5.77. The quantitative estimate of drug-likeness (QED) is 0.161. The Labute approximate surface area is 228 Å². The van der Waals surface area contributed by atoms with E-state index in [9.17, 15) is 36.6 Å². The lowest BCUT2D eigenvalue weighted by Crippen LogP contribution is -2.54. The molecule has 0 unspecified atom stereocenters. The summed E-state index contributed by atoms with van der Waals surface area (Å²) in [5.74, 6) is -0.994. The standard InChI is InChI=1S/C31H20F6N2O2/c32-30(33,34)29(31(35,36)37,19-9-11-27(40)21(15-19)25-13-17-5-1-3-7-23(17)38-25)20-10-12-28(41)22(16-20)26-14-18-6-2-4-8-24(18)39-26/h1-16,38-41H. The van der Waals surface area contributed by atoms with E-state index in [1.807, 2.05) is 0 Å². The Kier molecular flexibility index (Phi) is 5.84. The number of phenolic OH excluding ortho intramolecular Hbond substituents is 2. The normalized spacial score (nSPS) is 12.8. The predicted octanol–water partition coefficient (Wildman–Crippen LogP) is 8.81. The molecular weight excluding hydrogens is 546 g/mol. The molecule has 4 nitrogen and oxygen atoms in total. The van der Waals surface area contributed by atoms with Crippen molar-refractivity contribution in [2.45, 2.75) is 17.8 Å². The Morgan fingerprint density at radius 3 is 1.24 bits per heavy atom. The number of phenols is 2. The van der Waals surface area contributed by atoms with Crippen molar-refractivity contribution in [1.82, 2.24) is 9.97 Å². The van der Waals surface area contributed by atoms with Gasteiger partial charge in [0.25, 0.3) is 0 Å². The lowest BCUT2D eigenvalue weighted by Gasteiger charge is -2.38. The van der Waals surface area contributed by atoms with E-state index in [0.717, 1.165) is 12.1 Å². The molecule has 41 heavy (non-hydrogen) atoms. The van der Waals surface area contributed by atoms with Crippen molar-refractivity contribution in [3.05, 3.63) is 108 Å². The number of hydrogen-bond donors (Lipinski definition) is 4. The number of benzene rings is 4. The maximum atomic E-state index is 15.0. The molecule has 0 fully saturated rings. The van der Waals surface area contributed by atoms with E-state index in [1.165, 1.54) is 12.1 Å². The first-order valence-corrected chi connectivity index (χ1v) is 12.4. The third-order valence-electron chi connectivity index (χ3n) is 7.35. The molecule has 0 saturated heterocycles. The molecule has 0 atom stereocenters. The molecular formula is C31H20F6N2O2. The van der Waals surface area contributed by atoms with E-state index in [2.05, 4.69) is 9.97 Å². The number of aromatic amines is 2. The largest absolute Gasteiger partial charge is 0.507 e. The Bertz CT molecular complexity index is 1710. The molecule has 0 amide bonds. The third-order valence-corrected chi connectivity index (χ3v) is 7.35. The fraction of sp³-hybridized carbons (Fsp3) is 0.0968. The Morgan fingerprint density at radius 1 is 0.488 bits per heavy atom. The average molecular weight is 567 g/mol. The first kappa shape index (κ1) is 26.4. The van der Waals surface area contributed by atoms with Gasteiger partial charge in [0.05, 0.1) is 11.4 Å². The minimum atomic E-state index is -5.87. The summed E-state index contributed by atoms with van der Waals surface area (Å²) in [4.78, 5) is 5.88. The lowest BCUT2D eigenvalue weighted by molar-refractivity contribution is -0.288. The molecule has 4 N–H and O–H groups in total. The van der Waals surface area contributed by atoms with Gasteiger partial charge >= 0.3 is 12.4 Å². The van der Waals surface area contributed by atoms with Gasteiger partial charge < -0.3 is 20.2 Å². The summed E-state index contributed by atoms with van der Waals surface area (Å²) in [7, 11) is 0. The van der Waals surface area contributed by atoms with E-state index in [1.54, 1.807) is 48.5 Å². The van der Waals surface area contributed by atoms with Gasteiger partial charge in [0, 0.05) is 32.9 Å². The van der Waals surface area contributed by atoms with E-state index >= 15 is 0 Å². The second kappa shape index (κ2) is 9.09. The van der Waals surface area contributed by atoms with Gasteiger partial charge in [-0.05, 0) is 59.7 Å². The maximum absolute atomic E-state index is 15.0. The molecule has 0 bridgehead atoms. The maximum Gasteiger partial charge on any atom is 0.411 e. The Morgan fingerprint density at radius 2 is 0.878 bits per heavy atom. The van der Waals surface area contributed by atoms with Crippen LogP contribution in [0.5, 0.6) is 11.5 Å².